The van der Waals surface area contributed by atoms with Crippen LogP contribution in [-0.2, 0) is 16.1 Å². The maximum absolute atomic E-state index is 11.2. The van der Waals surface area contributed by atoms with Crippen LogP contribution < -0.4 is 0 Å². The Balaban J connectivity index is 2.13. The number of fused-ring (bicyclic) bond motifs is 1. The molecule has 0 radical (unpaired) electrons. The molecule has 0 saturated carbocycles. The molecule has 1 aromatic heterocycles. The molecule has 0 atom stereocenters. The molecule has 1 heterocycles. The van der Waals surface area contributed by atoms with E-state index in [-0.39, 0.29) is 18.1 Å². The number of aryl methyl sites for hydroxylation is 1. The minimum atomic E-state index is -0.449. The van der Waals surface area contributed by atoms with Gasteiger partial charge in [-0.1, -0.05) is 0 Å². The van der Waals surface area contributed by atoms with Crippen molar-refractivity contribution in [3.63, 3.8) is 0 Å². The van der Waals surface area contributed by atoms with Crippen LogP contribution in [0.3, 0.4) is 0 Å². The zero-order valence-electron chi connectivity index (χ0n) is 10.4. The summed E-state index contributed by atoms with van der Waals surface area (Å²) in [5, 5.41) is 15.6. The summed E-state index contributed by atoms with van der Waals surface area (Å²) in [5.74, 6) is -0.284. The van der Waals surface area contributed by atoms with Gasteiger partial charge in [0.05, 0.1) is 30.0 Å². The minimum Gasteiger partial charge on any atom is -0.466 e. The SMILES string of the molecule is CCOC(=O)CCn1cc2cc([N+](=O)[O-])ccc2n1. The number of benzene rings is 1. The van der Waals surface area contributed by atoms with Gasteiger partial charge in [0.1, 0.15) is 0 Å². The molecule has 0 unspecified atom stereocenters. The Morgan fingerprint density at radius 2 is 2.32 bits per heavy atom. The van der Waals surface area contributed by atoms with Gasteiger partial charge in [-0.2, -0.15) is 5.10 Å². The Kier molecular flexibility index (Phi) is 3.74. The molecule has 1 aromatic carbocycles. The predicted molar refractivity (Wildman–Crippen MR) is 67.6 cm³/mol. The third-order valence-electron chi connectivity index (χ3n) is 2.60. The summed E-state index contributed by atoms with van der Waals surface area (Å²) < 4.78 is 6.41. The van der Waals surface area contributed by atoms with Crippen LogP contribution in [-0.4, -0.2) is 27.3 Å². The molecular weight excluding hydrogens is 250 g/mol. The van der Waals surface area contributed by atoms with Gasteiger partial charge in [0.15, 0.2) is 0 Å². The number of hydrogen-bond acceptors (Lipinski definition) is 5. The lowest BCUT2D eigenvalue weighted by atomic mass is 10.2. The van der Waals surface area contributed by atoms with E-state index in [1.165, 1.54) is 12.1 Å². The molecule has 100 valence electrons. The maximum Gasteiger partial charge on any atom is 0.307 e. The largest absolute Gasteiger partial charge is 0.466 e. The second-order valence-corrected chi connectivity index (χ2v) is 3.95. The molecule has 2 aromatic rings. The van der Waals surface area contributed by atoms with Crippen molar-refractivity contribution in [1.29, 1.82) is 0 Å². The first-order chi connectivity index (χ1) is 9.10. The van der Waals surface area contributed by atoms with E-state index in [9.17, 15) is 14.9 Å². The highest BCUT2D eigenvalue weighted by molar-refractivity contribution is 5.80. The Labute approximate surface area is 108 Å². The fourth-order valence-corrected chi connectivity index (χ4v) is 1.73. The standard InChI is InChI=1S/C12H13N3O4/c1-2-19-12(16)5-6-14-8-9-7-10(15(17)18)3-4-11(9)13-14/h3-4,7-8H,2,5-6H2,1H3. The van der Waals surface area contributed by atoms with Gasteiger partial charge in [-0.05, 0) is 13.0 Å². The number of carbonyl (C=O) groups excluding carboxylic acids is 1. The Bertz CT molecular complexity index is 620. The average Bonchev–Trinajstić information content (AvgIpc) is 2.78. The topological polar surface area (TPSA) is 87.3 Å². The highest BCUT2D eigenvalue weighted by Gasteiger charge is 2.09. The van der Waals surface area contributed by atoms with Gasteiger partial charge < -0.3 is 4.74 Å². The molecule has 2 rings (SSSR count). The highest BCUT2D eigenvalue weighted by Crippen LogP contribution is 2.19. The van der Waals surface area contributed by atoms with E-state index in [1.807, 2.05) is 0 Å². The van der Waals surface area contributed by atoms with Crippen LogP contribution in [0, 0.1) is 10.1 Å². The van der Waals surface area contributed by atoms with Gasteiger partial charge in [0.25, 0.3) is 5.69 Å². The zero-order chi connectivity index (χ0) is 13.8. The molecule has 0 aliphatic carbocycles. The second kappa shape index (κ2) is 5.47. The first kappa shape index (κ1) is 13.0. The first-order valence-electron chi connectivity index (χ1n) is 5.87. The third kappa shape index (κ3) is 3.06. The van der Waals surface area contributed by atoms with Gasteiger partial charge in [-0.25, -0.2) is 0 Å². The van der Waals surface area contributed by atoms with E-state index in [2.05, 4.69) is 5.10 Å². The van der Waals surface area contributed by atoms with Crippen molar-refractivity contribution in [3.8, 4) is 0 Å². The van der Waals surface area contributed by atoms with Crippen LogP contribution in [0.1, 0.15) is 13.3 Å². The van der Waals surface area contributed by atoms with Crippen LogP contribution in [0.5, 0.6) is 0 Å². The van der Waals surface area contributed by atoms with E-state index >= 15 is 0 Å². The van der Waals surface area contributed by atoms with Gasteiger partial charge >= 0.3 is 5.97 Å². The van der Waals surface area contributed by atoms with E-state index < -0.39 is 4.92 Å². The summed E-state index contributed by atoms with van der Waals surface area (Å²) in [6.07, 6.45) is 1.91. The number of nitrogens with zero attached hydrogens (tertiary/aromatic N) is 3. The number of esters is 1. The Hall–Kier alpha value is -2.44. The van der Waals surface area contributed by atoms with Crippen LogP contribution in [0.25, 0.3) is 10.9 Å². The van der Waals surface area contributed by atoms with Crippen molar-refractivity contribution < 1.29 is 14.5 Å². The van der Waals surface area contributed by atoms with Crippen molar-refractivity contribution in [2.75, 3.05) is 6.61 Å². The monoisotopic (exact) mass is 263 g/mol. The molecular formula is C12H13N3O4. The van der Waals surface area contributed by atoms with Crippen LogP contribution in [0.4, 0.5) is 5.69 Å². The van der Waals surface area contributed by atoms with Crippen molar-refractivity contribution in [3.05, 3.63) is 34.5 Å². The molecule has 0 fully saturated rings. The predicted octanol–water partition coefficient (Wildman–Crippen LogP) is 1.90. The number of non-ortho nitro benzene ring substituents is 1. The molecule has 7 heteroatoms. The molecule has 7 nitrogen and oxygen atoms in total. The molecule has 0 aliphatic heterocycles. The van der Waals surface area contributed by atoms with Crippen LogP contribution >= 0.6 is 0 Å². The highest BCUT2D eigenvalue weighted by atomic mass is 16.6. The van der Waals surface area contributed by atoms with Crippen molar-refractivity contribution in [1.82, 2.24) is 9.78 Å². The van der Waals surface area contributed by atoms with Crippen LogP contribution in [0.2, 0.25) is 0 Å². The number of hydrogen-bond donors (Lipinski definition) is 0. The van der Waals surface area contributed by atoms with Crippen LogP contribution in [0.15, 0.2) is 24.4 Å². The molecule has 19 heavy (non-hydrogen) atoms. The second-order valence-electron chi connectivity index (χ2n) is 3.95. The molecule has 0 bridgehead atoms. The smallest absolute Gasteiger partial charge is 0.307 e. The summed E-state index contributed by atoms with van der Waals surface area (Å²) in [6, 6.07) is 4.46. The summed E-state index contributed by atoms with van der Waals surface area (Å²) >= 11 is 0. The van der Waals surface area contributed by atoms with Gasteiger partial charge in [0, 0.05) is 23.7 Å². The number of nitro benzene ring substituents is 1. The maximum atomic E-state index is 11.2. The summed E-state index contributed by atoms with van der Waals surface area (Å²) in [7, 11) is 0. The third-order valence-corrected chi connectivity index (χ3v) is 2.60. The average molecular weight is 263 g/mol. The number of rotatable bonds is 5. The minimum absolute atomic E-state index is 0.0254. The lowest BCUT2D eigenvalue weighted by Crippen LogP contribution is -2.09. The van der Waals surface area contributed by atoms with Gasteiger partial charge in [0.2, 0.25) is 0 Å². The summed E-state index contributed by atoms with van der Waals surface area (Å²) in [6.45, 7) is 2.49. The van der Waals surface area contributed by atoms with E-state index in [0.29, 0.717) is 24.1 Å². The van der Waals surface area contributed by atoms with E-state index in [1.54, 1.807) is 23.9 Å². The normalized spacial score (nSPS) is 10.6. The number of nitro groups is 1. The number of carbonyl (C=O) groups is 1. The first-order valence-corrected chi connectivity index (χ1v) is 5.87. The lowest BCUT2D eigenvalue weighted by molar-refractivity contribution is -0.384. The van der Waals surface area contributed by atoms with Crippen molar-refractivity contribution in [2.24, 2.45) is 0 Å². The lowest BCUT2D eigenvalue weighted by Gasteiger charge is -2.01. The van der Waals surface area contributed by atoms with E-state index in [0.717, 1.165) is 0 Å². The zero-order valence-corrected chi connectivity index (χ0v) is 10.4. The van der Waals surface area contributed by atoms with Gasteiger partial charge in [-0.3, -0.25) is 19.6 Å². The summed E-state index contributed by atoms with van der Waals surface area (Å²) in [5.41, 5.74) is 0.687. The van der Waals surface area contributed by atoms with Crippen molar-refractivity contribution in [2.45, 2.75) is 19.9 Å². The number of aromatic nitrogens is 2. The molecule has 0 aliphatic rings. The van der Waals surface area contributed by atoms with Gasteiger partial charge in [-0.15, -0.1) is 0 Å². The molecule has 0 N–H and O–H groups in total. The fraction of sp³-hybridized carbons (Fsp3) is 0.333. The number of ether oxygens (including phenoxy) is 1. The summed E-state index contributed by atoms with van der Waals surface area (Å²) in [4.78, 5) is 21.4. The molecule has 0 amide bonds. The molecule has 0 saturated heterocycles. The Morgan fingerprint density at radius 1 is 1.53 bits per heavy atom. The molecule has 0 spiro atoms. The quantitative estimate of drug-likeness (QED) is 0.467. The van der Waals surface area contributed by atoms with Crippen molar-refractivity contribution >= 4 is 22.6 Å². The Morgan fingerprint density at radius 3 is 3.00 bits per heavy atom. The fourth-order valence-electron chi connectivity index (χ4n) is 1.73. The van der Waals surface area contributed by atoms with E-state index in [4.69, 9.17) is 4.74 Å².